The van der Waals surface area contributed by atoms with Gasteiger partial charge in [-0.25, -0.2) is 8.42 Å². The average Bonchev–Trinajstić information content (AvgIpc) is 3.03. The minimum absolute atomic E-state index is 0.0555. The van der Waals surface area contributed by atoms with Crippen molar-refractivity contribution in [1.29, 1.82) is 0 Å². The number of rotatable bonds is 13. The molecule has 0 radical (unpaired) electrons. The number of anilines is 1. The molecule has 0 saturated heterocycles. The van der Waals surface area contributed by atoms with Crippen molar-refractivity contribution in [1.82, 2.24) is 10.2 Å². The van der Waals surface area contributed by atoms with E-state index >= 15 is 0 Å². The summed E-state index contributed by atoms with van der Waals surface area (Å²) >= 11 is 6.14. The van der Waals surface area contributed by atoms with Gasteiger partial charge in [0.25, 0.3) is 10.0 Å². The number of nitrogens with zero attached hydrogens (tertiary/aromatic N) is 2. The van der Waals surface area contributed by atoms with Gasteiger partial charge >= 0.3 is 0 Å². The number of benzene rings is 3. The molecule has 248 valence electrons. The number of hydrogen-bond acceptors (Lipinski definition) is 6. The zero-order chi connectivity index (χ0) is 33.4. The first-order valence-corrected chi connectivity index (χ1v) is 17.5. The molecule has 0 spiro atoms. The standard InChI is InChI=1S/C35H44ClN3O6S/c1-6-31(35(41)37-28-10-8-7-9-11-28)38(22-26-12-14-27(36)15-13-26)34(40)23-39(29-19-24(2)18-25(3)20-29)46(42,43)30-16-17-32(44-4)33(21-30)45-5/h12-21,28,31H,6-11,22-23H2,1-5H3,(H,37,41). The summed E-state index contributed by atoms with van der Waals surface area (Å²) in [5.41, 5.74) is 2.78. The number of halogens is 1. The van der Waals surface area contributed by atoms with E-state index in [1.54, 1.807) is 36.4 Å². The number of amides is 2. The molecule has 3 aromatic carbocycles. The summed E-state index contributed by atoms with van der Waals surface area (Å²) in [7, 11) is -1.40. The maximum Gasteiger partial charge on any atom is 0.264 e. The molecule has 1 unspecified atom stereocenters. The molecule has 1 aliphatic rings. The minimum atomic E-state index is -4.30. The van der Waals surface area contributed by atoms with E-state index in [1.165, 1.54) is 37.3 Å². The Hall–Kier alpha value is -3.76. The van der Waals surface area contributed by atoms with Crippen molar-refractivity contribution in [2.75, 3.05) is 25.1 Å². The monoisotopic (exact) mass is 669 g/mol. The molecule has 1 atom stereocenters. The zero-order valence-electron chi connectivity index (χ0n) is 27.2. The molecule has 1 fully saturated rings. The Morgan fingerprint density at radius 2 is 1.54 bits per heavy atom. The van der Waals surface area contributed by atoms with Crippen LogP contribution in [0.15, 0.2) is 65.6 Å². The Kier molecular flexibility index (Phi) is 12.0. The van der Waals surface area contributed by atoms with Gasteiger partial charge in [-0.15, -0.1) is 0 Å². The topological polar surface area (TPSA) is 105 Å². The second kappa shape index (κ2) is 15.7. The van der Waals surface area contributed by atoms with Gasteiger partial charge < -0.3 is 19.7 Å². The highest BCUT2D eigenvalue weighted by Crippen LogP contribution is 2.33. The Balaban J connectivity index is 1.76. The van der Waals surface area contributed by atoms with Gasteiger partial charge in [-0.1, -0.05) is 56.0 Å². The fourth-order valence-electron chi connectivity index (χ4n) is 5.98. The van der Waals surface area contributed by atoms with Crippen LogP contribution < -0.4 is 19.1 Å². The third-order valence-electron chi connectivity index (χ3n) is 8.32. The molecule has 0 bridgehead atoms. The van der Waals surface area contributed by atoms with Gasteiger partial charge in [-0.2, -0.15) is 0 Å². The lowest BCUT2D eigenvalue weighted by Crippen LogP contribution is -2.54. The maximum absolute atomic E-state index is 14.4. The molecule has 1 N–H and O–H groups in total. The lowest BCUT2D eigenvalue weighted by Gasteiger charge is -2.34. The van der Waals surface area contributed by atoms with Gasteiger partial charge in [0.1, 0.15) is 12.6 Å². The second-order valence-electron chi connectivity index (χ2n) is 11.8. The van der Waals surface area contributed by atoms with E-state index in [-0.39, 0.29) is 29.1 Å². The fraction of sp³-hybridized carbons (Fsp3) is 0.429. The van der Waals surface area contributed by atoms with Crippen LogP contribution in [0.5, 0.6) is 11.5 Å². The predicted molar refractivity (Wildman–Crippen MR) is 181 cm³/mol. The van der Waals surface area contributed by atoms with E-state index in [0.29, 0.717) is 22.9 Å². The molecule has 1 aliphatic carbocycles. The smallest absolute Gasteiger partial charge is 0.264 e. The molecule has 0 aromatic heterocycles. The quantitative estimate of drug-likeness (QED) is 0.225. The van der Waals surface area contributed by atoms with Crippen molar-refractivity contribution < 1.29 is 27.5 Å². The van der Waals surface area contributed by atoms with Crippen molar-refractivity contribution >= 4 is 39.1 Å². The van der Waals surface area contributed by atoms with Crippen LogP contribution in [-0.2, 0) is 26.2 Å². The van der Waals surface area contributed by atoms with Crippen LogP contribution in [0.2, 0.25) is 5.02 Å². The van der Waals surface area contributed by atoms with Crippen LogP contribution >= 0.6 is 11.6 Å². The summed E-state index contributed by atoms with van der Waals surface area (Å²) in [6.45, 7) is 5.17. The normalized spacial score (nSPS) is 14.3. The largest absolute Gasteiger partial charge is 0.493 e. The number of nitrogens with one attached hydrogen (secondary N) is 1. The molecule has 0 heterocycles. The molecule has 11 heteroatoms. The van der Waals surface area contributed by atoms with Gasteiger partial charge in [0, 0.05) is 23.7 Å². The van der Waals surface area contributed by atoms with Gasteiger partial charge in [0.15, 0.2) is 11.5 Å². The molecule has 9 nitrogen and oxygen atoms in total. The highest BCUT2D eigenvalue weighted by molar-refractivity contribution is 7.92. The lowest BCUT2D eigenvalue weighted by atomic mass is 9.95. The van der Waals surface area contributed by atoms with Gasteiger partial charge in [0.2, 0.25) is 11.8 Å². The van der Waals surface area contributed by atoms with Crippen molar-refractivity contribution in [2.45, 2.75) is 82.8 Å². The highest BCUT2D eigenvalue weighted by Gasteiger charge is 2.35. The molecule has 2 amide bonds. The first kappa shape index (κ1) is 35.1. The molecule has 0 aliphatic heterocycles. The zero-order valence-corrected chi connectivity index (χ0v) is 28.8. The number of methoxy groups -OCH3 is 2. The summed E-state index contributed by atoms with van der Waals surface area (Å²) in [6, 6.07) is 16.0. The van der Waals surface area contributed by atoms with Gasteiger partial charge in [-0.3, -0.25) is 13.9 Å². The van der Waals surface area contributed by atoms with E-state index in [9.17, 15) is 18.0 Å². The first-order chi connectivity index (χ1) is 22.0. The molecule has 3 aromatic rings. The van der Waals surface area contributed by atoms with E-state index < -0.39 is 28.5 Å². The summed E-state index contributed by atoms with van der Waals surface area (Å²) in [6.07, 6.45) is 5.40. The van der Waals surface area contributed by atoms with Crippen LogP contribution in [0.1, 0.15) is 62.1 Å². The van der Waals surface area contributed by atoms with Gasteiger partial charge in [0.05, 0.1) is 24.8 Å². The Morgan fingerprint density at radius 3 is 2.13 bits per heavy atom. The first-order valence-electron chi connectivity index (χ1n) is 15.6. The molecule has 46 heavy (non-hydrogen) atoms. The number of carbonyl (C=O) groups excluding carboxylic acids is 2. The minimum Gasteiger partial charge on any atom is -0.493 e. The second-order valence-corrected chi connectivity index (χ2v) is 14.1. The summed E-state index contributed by atoms with van der Waals surface area (Å²) in [5.74, 6) is -0.134. The molecular weight excluding hydrogens is 626 g/mol. The van der Waals surface area contributed by atoms with Crippen LogP contribution in [-0.4, -0.2) is 58.0 Å². The van der Waals surface area contributed by atoms with Crippen LogP contribution in [0.4, 0.5) is 5.69 Å². The van der Waals surface area contributed by atoms with Gasteiger partial charge in [-0.05, 0) is 86.2 Å². The highest BCUT2D eigenvalue weighted by atomic mass is 35.5. The average molecular weight is 670 g/mol. The van der Waals surface area contributed by atoms with E-state index in [1.807, 2.05) is 26.8 Å². The fourth-order valence-corrected chi connectivity index (χ4v) is 7.52. The van der Waals surface area contributed by atoms with Crippen LogP contribution in [0.25, 0.3) is 0 Å². The number of carbonyl (C=O) groups is 2. The van der Waals surface area contributed by atoms with E-state index in [0.717, 1.165) is 53.1 Å². The molecule has 1 saturated carbocycles. The lowest BCUT2D eigenvalue weighted by molar-refractivity contribution is -0.140. The maximum atomic E-state index is 14.4. The number of ether oxygens (including phenoxy) is 2. The molecular formula is C35H44ClN3O6S. The number of hydrogen-bond donors (Lipinski definition) is 1. The summed E-state index contributed by atoms with van der Waals surface area (Å²) in [5, 5.41) is 3.72. The third kappa shape index (κ3) is 8.53. The molecule has 4 rings (SSSR count). The Morgan fingerprint density at radius 1 is 0.913 bits per heavy atom. The number of sulfonamides is 1. The SMILES string of the molecule is CCC(C(=O)NC1CCCCC1)N(Cc1ccc(Cl)cc1)C(=O)CN(c1cc(C)cc(C)c1)S(=O)(=O)c1ccc(OC)c(OC)c1. The van der Waals surface area contributed by atoms with Crippen molar-refractivity contribution in [3.05, 3.63) is 82.4 Å². The Bertz CT molecular complexity index is 1600. The summed E-state index contributed by atoms with van der Waals surface area (Å²) in [4.78, 5) is 29.6. The van der Waals surface area contributed by atoms with Crippen LogP contribution in [0.3, 0.4) is 0 Å². The van der Waals surface area contributed by atoms with Crippen molar-refractivity contribution in [3.8, 4) is 11.5 Å². The summed E-state index contributed by atoms with van der Waals surface area (Å²) < 4.78 is 40.6. The predicted octanol–water partition coefficient (Wildman–Crippen LogP) is 6.43. The van der Waals surface area contributed by atoms with Crippen molar-refractivity contribution in [3.63, 3.8) is 0 Å². The number of aryl methyl sites for hydroxylation is 2. The Labute approximate surface area is 277 Å². The third-order valence-corrected chi connectivity index (χ3v) is 10.3. The van der Waals surface area contributed by atoms with E-state index in [4.69, 9.17) is 21.1 Å². The van der Waals surface area contributed by atoms with E-state index in [2.05, 4.69) is 5.32 Å². The van der Waals surface area contributed by atoms with Crippen LogP contribution in [0, 0.1) is 13.8 Å². The van der Waals surface area contributed by atoms with Crippen molar-refractivity contribution in [2.24, 2.45) is 0 Å².